The minimum absolute atomic E-state index is 0.226. The van der Waals surface area contributed by atoms with Crippen LogP contribution < -0.4 is 19.6 Å². The number of rotatable bonds is 70. The normalized spacial score (nSPS) is 14.3. The number of imide groups is 2. The lowest BCUT2D eigenvalue weighted by atomic mass is 9.80. The highest BCUT2D eigenvalue weighted by atomic mass is 16.2. The van der Waals surface area contributed by atoms with Crippen molar-refractivity contribution >= 4 is 89.5 Å². The number of fused-ring (bicyclic) bond motifs is 2. The molecule has 8 heteroatoms. The summed E-state index contributed by atoms with van der Waals surface area (Å²) in [5, 5.41) is 7.45. The molecule has 124 heavy (non-hydrogen) atoms. The maximum absolute atomic E-state index is 16.6. The smallest absolute Gasteiger partial charge is 0.266 e. The second kappa shape index (κ2) is 55.6. The number of amides is 4. The van der Waals surface area contributed by atoms with Crippen LogP contribution in [-0.4, -0.2) is 49.8 Å². The second-order valence-electron chi connectivity index (χ2n) is 39.8. The van der Waals surface area contributed by atoms with Gasteiger partial charge in [-0.05, 0) is 195 Å². The molecule has 8 nitrogen and oxygen atoms in total. The Kier molecular flexibility index (Phi) is 44.1. The van der Waals surface area contributed by atoms with Crippen LogP contribution in [0.25, 0.3) is 43.1 Å². The van der Waals surface area contributed by atoms with E-state index in [1.807, 2.05) is 0 Å². The van der Waals surface area contributed by atoms with Crippen LogP contribution in [0.4, 0.5) is 22.7 Å². The van der Waals surface area contributed by atoms with Gasteiger partial charge in [0, 0.05) is 81.0 Å². The topological polar surface area (TPSA) is 81.2 Å². The van der Waals surface area contributed by atoms with Crippen molar-refractivity contribution in [2.75, 3.05) is 45.8 Å². The van der Waals surface area contributed by atoms with Crippen molar-refractivity contribution < 1.29 is 19.2 Å². The molecule has 0 N–H and O–H groups in total. The summed E-state index contributed by atoms with van der Waals surface area (Å²) in [6, 6.07) is 22.2. The predicted molar refractivity (Wildman–Crippen MR) is 539 cm³/mol. The van der Waals surface area contributed by atoms with Crippen LogP contribution in [0.2, 0.25) is 0 Å². The zero-order valence-electron chi connectivity index (χ0n) is 80.5. The predicted octanol–water partition coefficient (Wildman–Crippen LogP) is 35.3. The van der Waals surface area contributed by atoms with Gasteiger partial charge in [0.25, 0.3) is 23.6 Å². The average molecular weight is 1690 g/mol. The number of anilines is 4. The van der Waals surface area contributed by atoms with E-state index in [1.54, 1.807) is 9.80 Å². The molecule has 4 amide bonds. The Balaban J connectivity index is 0.970. The minimum Gasteiger partial charge on any atom is -0.371 e. The minimum atomic E-state index is -0.238. The molecule has 7 aromatic carbocycles. The van der Waals surface area contributed by atoms with E-state index < -0.39 is 0 Å². The highest BCUT2D eigenvalue weighted by molar-refractivity contribution is 6.47. The van der Waals surface area contributed by atoms with Gasteiger partial charge in [-0.2, -0.15) is 0 Å². The Hall–Kier alpha value is -6.28. The maximum atomic E-state index is 16.6. The number of nitrogens with zero attached hydrogens (tertiary/aromatic N) is 4. The van der Waals surface area contributed by atoms with Gasteiger partial charge in [0.15, 0.2) is 0 Å². The first-order valence-corrected chi connectivity index (χ1v) is 54.0. The van der Waals surface area contributed by atoms with Crippen LogP contribution >= 0.6 is 0 Å². The number of benzene rings is 7. The number of carbonyl (C=O) groups excluding carboxylic acids is 4. The van der Waals surface area contributed by atoms with E-state index in [0.29, 0.717) is 22.3 Å². The van der Waals surface area contributed by atoms with Crippen molar-refractivity contribution in [2.45, 2.75) is 491 Å². The van der Waals surface area contributed by atoms with Crippen LogP contribution in [-0.2, 0) is 38.5 Å². The fraction of sp³-hybridized carbons (Fsp3) is 0.690. The molecule has 2 saturated heterocycles. The number of carbonyl (C=O) groups is 4. The van der Waals surface area contributed by atoms with Crippen LogP contribution in [0.3, 0.4) is 0 Å². The monoisotopic (exact) mass is 1690 g/mol. The highest BCUT2D eigenvalue weighted by Gasteiger charge is 2.42. The number of hydrogen-bond donors (Lipinski definition) is 0. The van der Waals surface area contributed by atoms with Crippen LogP contribution in [0.5, 0.6) is 0 Å². The first kappa shape index (κ1) is 98.3. The Labute approximate surface area is 757 Å². The molecular weight excluding hydrogens is 1510 g/mol. The number of aryl methyl sites for hydroxylation is 4. The van der Waals surface area contributed by atoms with Gasteiger partial charge in [-0.25, -0.2) is 9.80 Å². The summed E-state index contributed by atoms with van der Waals surface area (Å²) >= 11 is 0. The third-order valence-electron chi connectivity index (χ3n) is 29.8. The summed E-state index contributed by atoms with van der Waals surface area (Å²) in [6.07, 6.45) is 87.8. The van der Waals surface area contributed by atoms with Crippen molar-refractivity contribution in [3.63, 3.8) is 0 Å². The first-order valence-electron chi connectivity index (χ1n) is 54.0. The second-order valence-corrected chi connectivity index (χ2v) is 39.8. The summed E-state index contributed by atoms with van der Waals surface area (Å²) in [7, 11) is 0. The third kappa shape index (κ3) is 27.9. The van der Waals surface area contributed by atoms with E-state index >= 15 is 19.2 Å². The molecule has 4 aliphatic heterocycles. The van der Waals surface area contributed by atoms with E-state index in [9.17, 15) is 0 Å². The molecule has 684 valence electrons. The van der Waals surface area contributed by atoms with E-state index in [0.717, 1.165) is 182 Å². The fourth-order valence-corrected chi connectivity index (χ4v) is 22.4. The van der Waals surface area contributed by atoms with Gasteiger partial charge in [0.05, 0.1) is 22.5 Å². The number of hydrogen-bond acceptors (Lipinski definition) is 6. The van der Waals surface area contributed by atoms with Gasteiger partial charge < -0.3 is 9.80 Å². The lowest BCUT2D eigenvalue weighted by molar-refractivity contribution is 0.0877. The molecule has 4 heterocycles. The van der Waals surface area contributed by atoms with Crippen molar-refractivity contribution in [1.82, 2.24) is 0 Å². The Bertz CT molecular complexity index is 3960. The lowest BCUT2D eigenvalue weighted by Crippen LogP contribution is -2.41. The molecule has 0 spiro atoms. The Morgan fingerprint density at radius 1 is 0.210 bits per heavy atom. The van der Waals surface area contributed by atoms with E-state index in [4.69, 9.17) is 0 Å². The zero-order valence-corrected chi connectivity index (χ0v) is 80.5. The lowest BCUT2D eigenvalue weighted by Gasteiger charge is -2.34. The average Bonchev–Trinajstić information content (AvgIpc) is 0.781. The summed E-state index contributed by atoms with van der Waals surface area (Å²) in [6.45, 7) is 17.3. The van der Waals surface area contributed by atoms with Gasteiger partial charge in [0.1, 0.15) is 0 Å². The molecule has 11 rings (SSSR count). The molecule has 4 aliphatic rings. The highest BCUT2D eigenvalue weighted by Crippen LogP contribution is 2.54. The molecule has 0 atom stereocenters. The molecule has 0 bridgehead atoms. The Morgan fingerprint density at radius 3 is 0.637 bits per heavy atom. The number of unbranched alkanes of at least 4 members (excludes halogenated alkanes) is 54. The SMILES string of the molecule is CCCCCCCCCCCCc1cc(N2C(=O)c3ccc4c5c(N6CCCC6)cc6c7c(ccc(c8c(N9CCCC9)cc(c3c48)C2=O)c75)C(=O)N(c2cc(CCCCCCCCCCCC)c(CCCCCCCCCCCC)c(CCCCCCCCCCCC)c2)C6=O)cc(CCCCCCCCCCCC)c1CCCCCCCCCCCC. The van der Waals surface area contributed by atoms with Crippen LogP contribution in [0.1, 0.15) is 527 Å². The van der Waals surface area contributed by atoms with E-state index in [1.165, 1.54) is 393 Å². The standard InChI is InChI=1S/C116H176N4O4/c1-7-13-19-25-31-37-43-49-55-61-71-91-85-95(86-92(72-62-56-50-44-38-32-26-20-14-8-2)97(91)75-65-59-53-47-41-35-29-23-17-11-5)119-113(121)101-79-77-99-110-106(118-83-69-70-84-118)90-104-108-102(80-78-100(112(108)110)109-105(117-81-67-68-82-117)89-103(115(119)123)107(101)111(99)109)114(122)120(116(104)124)96-87-93(73-63-57-51-45-39-33-27-21-15-9-3)98(76-66-60-54-48-42-36-30-24-18-12-6)94(88-96)74-64-58-52-46-40-34-28-22-16-10-4/h77-80,85-90H,7-76,81-84H2,1-6H3. The van der Waals surface area contributed by atoms with Crippen LogP contribution in [0.15, 0.2) is 60.7 Å². The Morgan fingerprint density at radius 2 is 0.411 bits per heavy atom. The third-order valence-corrected chi connectivity index (χ3v) is 29.8. The van der Waals surface area contributed by atoms with Gasteiger partial charge in [-0.15, -0.1) is 0 Å². The van der Waals surface area contributed by atoms with Gasteiger partial charge in [-0.1, -0.05) is 400 Å². The molecule has 0 unspecified atom stereocenters. The van der Waals surface area contributed by atoms with Crippen molar-refractivity contribution in [1.29, 1.82) is 0 Å². The van der Waals surface area contributed by atoms with Gasteiger partial charge in [0.2, 0.25) is 0 Å². The van der Waals surface area contributed by atoms with Crippen molar-refractivity contribution in [3.8, 4) is 0 Å². The molecule has 0 radical (unpaired) electrons. The molecule has 2 fully saturated rings. The molecular formula is C116H176N4O4. The molecule has 0 saturated carbocycles. The summed E-state index contributed by atoms with van der Waals surface area (Å²) < 4.78 is 0. The van der Waals surface area contributed by atoms with Crippen molar-refractivity contribution in [3.05, 3.63) is 116 Å². The molecule has 0 aromatic heterocycles. The zero-order chi connectivity index (χ0) is 86.7. The maximum Gasteiger partial charge on any atom is 0.266 e. The largest absolute Gasteiger partial charge is 0.371 e. The van der Waals surface area contributed by atoms with Gasteiger partial charge in [-0.3, -0.25) is 19.2 Å². The van der Waals surface area contributed by atoms with E-state index in [-0.39, 0.29) is 23.6 Å². The quantitative estimate of drug-likeness (QED) is 0.0164. The summed E-state index contributed by atoms with van der Waals surface area (Å²) in [5.74, 6) is -0.927. The van der Waals surface area contributed by atoms with Gasteiger partial charge >= 0.3 is 0 Å². The molecule has 7 aromatic rings. The first-order chi connectivity index (χ1) is 61.2. The summed E-state index contributed by atoms with van der Waals surface area (Å²) in [5.41, 5.74) is 14.3. The van der Waals surface area contributed by atoms with Crippen molar-refractivity contribution in [2.24, 2.45) is 0 Å². The molecule has 0 aliphatic carbocycles. The summed E-state index contributed by atoms with van der Waals surface area (Å²) in [4.78, 5) is 74.2. The van der Waals surface area contributed by atoms with Crippen LogP contribution in [0, 0.1) is 0 Å². The fourth-order valence-electron chi connectivity index (χ4n) is 22.4. The van der Waals surface area contributed by atoms with E-state index in [2.05, 4.69) is 112 Å².